The Morgan fingerprint density at radius 3 is 2.46 bits per heavy atom. The van der Waals surface area contributed by atoms with E-state index < -0.39 is 11.7 Å². The molecule has 1 aromatic carbocycles. The molecule has 0 radical (unpaired) electrons. The number of carbonyl (C=O) groups excluding carboxylic acids is 1. The van der Waals surface area contributed by atoms with Crippen molar-refractivity contribution in [3.05, 3.63) is 45.7 Å². The van der Waals surface area contributed by atoms with Crippen LogP contribution in [0, 0.1) is 0 Å². The van der Waals surface area contributed by atoms with E-state index in [0.29, 0.717) is 17.0 Å². The first kappa shape index (κ1) is 20.4. The van der Waals surface area contributed by atoms with Gasteiger partial charge in [-0.1, -0.05) is 24.7 Å². The molecule has 8 heteroatoms. The van der Waals surface area contributed by atoms with Crippen molar-refractivity contribution in [2.24, 2.45) is 4.99 Å². The molecule has 0 aliphatic carbocycles. The molecule has 0 aliphatic heterocycles. The van der Waals surface area contributed by atoms with Crippen LogP contribution in [0.15, 0.2) is 35.5 Å². The largest absolute Gasteiger partial charge is 0.416 e. The number of thiazole rings is 1. The van der Waals surface area contributed by atoms with Gasteiger partial charge < -0.3 is 4.90 Å². The van der Waals surface area contributed by atoms with Crippen molar-refractivity contribution in [1.29, 1.82) is 0 Å². The summed E-state index contributed by atoms with van der Waals surface area (Å²) in [4.78, 5) is 19.0. The maximum atomic E-state index is 12.7. The van der Waals surface area contributed by atoms with Crippen molar-refractivity contribution >= 4 is 17.2 Å². The highest BCUT2D eigenvalue weighted by Gasteiger charge is 2.30. The number of rotatable bonds is 6. The van der Waals surface area contributed by atoms with Crippen molar-refractivity contribution in [2.75, 3.05) is 13.6 Å². The number of benzene rings is 1. The molecule has 0 saturated heterocycles. The summed E-state index contributed by atoms with van der Waals surface area (Å²) in [5, 5.41) is 0. The van der Waals surface area contributed by atoms with Gasteiger partial charge in [0.05, 0.1) is 5.56 Å². The molecule has 2 rings (SSSR count). The van der Waals surface area contributed by atoms with Crippen LogP contribution in [0.25, 0.3) is 5.69 Å². The van der Waals surface area contributed by atoms with E-state index >= 15 is 0 Å². The number of alkyl halides is 3. The topological polar surface area (TPSA) is 37.6 Å². The van der Waals surface area contributed by atoms with Gasteiger partial charge in [0.1, 0.15) is 0 Å². The van der Waals surface area contributed by atoms with Gasteiger partial charge in [-0.2, -0.15) is 18.2 Å². The fraction of sp³-hybridized carbons (Fsp3) is 0.444. The summed E-state index contributed by atoms with van der Waals surface area (Å²) >= 11 is 1.37. The Bertz CT molecular complexity index is 806. The van der Waals surface area contributed by atoms with Crippen LogP contribution in [0.4, 0.5) is 13.2 Å². The van der Waals surface area contributed by atoms with Gasteiger partial charge in [-0.05, 0) is 44.3 Å². The average molecular weight is 385 g/mol. The third kappa shape index (κ3) is 5.54. The number of nitrogens with zero attached hydrogens (tertiary/aromatic N) is 3. The molecule has 0 fully saturated rings. The molecule has 0 bridgehead atoms. The van der Waals surface area contributed by atoms with Crippen LogP contribution in [0.2, 0.25) is 0 Å². The maximum Gasteiger partial charge on any atom is 0.416 e. The van der Waals surface area contributed by atoms with Crippen LogP contribution in [0.1, 0.15) is 37.1 Å². The van der Waals surface area contributed by atoms with Crippen molar-refractivity contribution in [2.45, 2.75) is 39.4 Å². The van der Waals surface area contributed by atoms with Gasteiger partial charge in [-0.25, -0.2) is 0 Å². The fourth-order valence-corrected chi connectivity index (χ4v) is 3.55. The van der Waals surface area contributed by atoms with E-state index in [4.69, 9.17) is 0 Å². The summed E-state index contributed by atoms with van der Waals surface area (Å²) in [5.41, 5.74) is -0.168. The van der Waals surface area contributed by atoms with E-state index in [0.717, 1.165) is 36.4 Å². The highest BCUT2D eigenvalue weighted by molar-refractivity contribution is 7.09. The molecule has 0 aliphatic rings. The normalized spacial score (nSPS) is 12.8. The molecule has 4 nitrogen and oxygen atoms in total. The first-order chi connectivity index (χ1) is 12.2. The van der Waals surface area contributed by atoms with Crippen LogP contribution < -0.4 is 4.80 Å². The number of amides is 1. The second-order valence-corrected chi connectivity index (χ2v) is 7.21. The summed E-state index contributed by atoms with van der Waals surface area (Å²) in [6, 6.07) is 4.84. The number of carbonyl (C=O) groups is 1. The van der Waals surface area contributed by atoms with Crippen LogP contribution >= 0.6 is 11.3 Å². The highest BCUT2D eigenvalue weighted by Crippen LogP contribution is 2.29. The SMILES string of the molecule is CCCCN(C)Cc1cn(-c2ccc(C(F)(F)F)cc2)/c(=N/C(C)=O)s1. The van der Waals surface area contributed by atoms with Gasteiger partial charge in [-0.3, -0.25) is 9.36 Å². The molecule has 1 heterocycles. The third-order valence-corrected chi connectivity index (χ3v) is 4.71. The minimum absolute atomic E-state index is 0.349. The van der Waals surface area contributed by atoms with E-state index in [1.54, 1.807) is 4.57 Å². The summed E-state index contributed by atoms with van der Waals surface area (Å²) in [6.45, 7) is 5.12. The average Bonchev–Trinajstić information content (AvgIpc) is 2.93. The number of hydrogen-bond acceptors (Lipinski definition) is 3. The smallest absolute Gasteiger partial charge is 0.301 e. The molecule has 0 atom stereocenters. The second-order valence-electron chi connectivity index (χ2n) is 6.12. The van der Waals surface area contributed by atoms with Crippen molar-refractivity contribution in [1.82, 2.24) is 9.47 Å². The minimum atomic E-state index is -4.38. The first-order valence-electron chi connectivity index (χ1n) is 8.33. The van der Waals surface area contributed by atoms with E-state index in [1.807, 2.05) is 13.2 Å². The second kappa shape index (κ2) is 8.64. The zero-order valence-electron chi connectivity index (χ0n) is 15.0. The lowest BCUT2D eigenvalue weighted by molar-refractivity contribution is -0.137. The minimum Gasteiger partial charge on any atom is -0.301 e. The lowest BCUT2D eigenvalue weighted by Crippen LogP contribution is -2.18. The van der Waals surface area contributed by atoms with Gasteiger partial charge in [0, 0.05) is 30.2 Å². The van der Waals surface area contributed by atoms with E-state index in [1.165, 1.54) is 30.4 Å². The zero-order chi connectivity index (χ0) is 19.3. The third-order valence-electron chi connectivity index (χ3n) is 3.75. The summed E-state index contributed by atoms with van der Waals surface area (Å²) in [5.74, 6) is -0.349. The molecule has 2 aromatic rings. The van der Waals surface area contributed by atoms with Gasteiger partial charge >= 0.3 is 6.18 Å². The van der Waals surface area contributed by atoms with Gasteiger partial charge in [0.2, 0.25) is 5.91 Å². The molecule has 1 aromatic heterocycles. The van der Waals surface area contributed by atoms with E-state index in [2.05, 4.69) is 16.8 Å². The van der Waals surface area contributed by atoms with Gasteiger partial charge in [0.25, 0.3) is 0 Å². The summed E-state index contributed by atoms with van der Waals surface area (Å²) in [6.07, 6.45) is -0.355. The predicted octanol–water partition coefficient (Wildman–Crippen LogP) is 4.24. The van der Waals surface area contributed by atoms with Crippen LogP contribution in [0.3, 0.4) is 0 Å². The quantitative estimate of drug-likeness (QED) is 0.746. The lowest BCUT2D eigenvalue weighted by Gasteiger charge is -2.14. The molecule has 26 heavy (non-hydrogen) atoms. The Morgan fingerprint density at radius 2 is 1.92 bits per heavy atom. The summed E-state index contributed by atoms with van der Waals surface area (Å²) < 4.78 is 39.9. The Kier molecular flexibility index (Phi) is 6.77. The standard InChI is InChI=1S/C18H22F3N3OS/c1-4-5-10-23(3)11-16-12-24(17(26-16)22-13(2)25)15-8-6-14(7-9-15)18(19,20)21/h6-9,12H,4-5,10-11H2,1-3H3/b22-17-. The Labute approximate surface area is 154 Å². The number of aromatic nitrogens is 1. The van der Waals surface area contributed by atoms with Crippen LogP contribution in [-0.4, -0.2) is 29.0 Å². The summed E-state index contributed by atoms with van der Waals surface area (Å²) in [7, 11) is 2.01. The van der Waals surface area contributed by atoms with E-state index in [9.17, 15) is 18.0 Å². The predicted molar refractivity (Wildman–Crippen MR) is 96.1 cm³/mol. The van der Waals surface area contributed by atoms with E-state index in [-0.39, 0.29) is 5.91 Å². The Hall–Kier alpha value is -1.93. The van der Waals surface area contributed by atoms with Crippen LogP contribution in [0.5, 0.6) is 0 Å². The number of hydrogen-bond donors (Lipinski definition) is 0. The van der Waals surface area contributed by atoms with Gasteiger partial charge in [-0.15, -0.1) is 0 Å². The molecule has 142 valence electrons. The van der Waals surface area contributed by atoms with Crippen LogP contribution in [-0.2, 0) is 17.5 Å². The molecule has 0 N–H and O–H groups in total. The number of halogens is 3. The van der Waals surface area contributed by atoms with Gasteiger partial charge in [0.15, 0.2) is 4.80 Å². The molecule has 1 amide bonds. The maximum absolute atomic E-state index is 12.7. The lowest BCUT2D eigenvalue weighted by atomic mass is 10.2. The van der Waals surface area contributed by atoms with Crippen molar-refractivity contribution < 1.29 is 18.0 Å². The fourth-order valence-electron chi connectivity index (χ4n) is 2.45. The Balaban J connectivity index is 2.36. The molecule has 0 unspecified atom stereocenters. The zero-order valence-corrected chi connectivity index (χ0v) is 15.8. The molecular formula is C18H22F3N3OS. The monoisotopic (exact) mass is 385 g/mol. The Morgan fingerprint density at radius 1 is 1.27 bits per heavy atom. The van der Waals surface area contributed by atoms with Crippen molar-refractivity contribution in [3.8, 4) is 5.69 Å². The van der Waals surface area contributed by atoms with Crippen molar-refractivity contribution in [3.63, 3.8) is 0 Å². The highest BCUT2D eigenvalue weighted by atomic mass is 32.1. The molecule has 0 saturated carbocycles. The molecule has 0 spiro atoms. The number of unbranched alkanes of at least 4 members (excludes halogenated alkanes) is 1. The molecular weight excluding hydrogens is 363 g/mol. The first-order valence-corrected chi connectivity index (χ1v) is 9.15.